The number of piperidine rings is 1. The molecule has 1 heterocycles. The van der Waals surface area contributed by atoms with Gasteiger partial charge in [0.2, 0.25) is 0 Å². The molecule has 0 unspecified atom stereocenters. The van der Waals surface area contributed by atoms with Crippen LogP contribution in [0.4, 0.5) is 4.79 Å². The molecule has 128 valence electrons. The van der Waals surface area contributed by atoms with Gasteiger partial charge in [-0.1, -0.05) is 37.3 Å². The number of urea groups is 1. The van der Waals surface area contributed by atoms with Gasteiger partial charge in [-0.25, -0.2) is 4.79 Å². The highest BCUT2D eigenvalue weighted by Crippen LogP contribution is 2.30. The van der Waals surface area contributed by atoms with E-state index in [1.54, 1.807) is 12.0 Å². The Morgan fingerprint density at radius 3 is 2.83 bits per heavy atom. The van der Waals surface area contributed by atoms with Crippen LogP contribution in [0.15, 0.2) is 30.3 Å². The number of carbonyl (C=O) groups is 1. The Morgan fingerprint density at radius 2 is 2.17 bits per heavy atom. The van der Waals surface area contributed by atoms with Crippen molar-refractivity contribution in [1.82, 2.24) is 10.2 Å². The maximum atomic E-state index is 12.3. The number of nitrogens with zero attached hydrogens (tertiary/aromatic N) is 1. The standard InChI is InChI=1S/C18H28N2O3/c1-15-14-20(12-9-18(15,22)10-13-23-2)17(21)19-11-8-16-6-4-3-5-7-16/h3-7,15,22H,8-14H2,1-2H3,(H,19,21)/t15-,18-/m1/s1. The Kier molecular flexibility index (Phi) is 6.42. The van der Waals surface area contributed by atoms with E-state index in [0.717, 1.165) is 6.42 Å². The third-order valence-corrected chi connectivity index (χ3v) is 4.79. The summed E-state index contributed by atoms with van der Waals surface area (Å²) < 4.78 is 5.07. The minimum absolute atomic E-state index is 0.0402. The van der Waals surface area contributed by atoms with Crippen LogP contribution in [-0.4, -0.2) is 55.0 Å². The van der Waals surface area contributed by atoms with Crippen molar-refractivity contribution in [2.24, 2.45) is 5.92 Å². The smallest absolute Gasteiger partial charge is 0.317 e. The highest BCUT2D eigenvalue weighted by Gasteiger charge is 2.39. The highest BCUT2D eigenvalue weighted by atomic mass is 16.5. The predicted molar refractivity (Wildman–Crippen MR) is 90.3 cm³/mol. The van der Waals surface area contributed by atoms with E-state index in [1.165, 1.54) is 5.56 Å². The van der Waals surface area contributed by atoms with Crippen LogP contribution < -0.4 is 5.32 Å². The molecule has 1 aliphatic rings. The second kappa shape index (κ2) is 8.31. The van der Waals surface area contributed by atoms with Gasteiger partial charge in [0, 0.05) is 39.3 Å². The van der Waals surface area contributed by atoms with Crippen LogP contribution >= 0.6 is 0 Å². The molecule has 5 nitrogen and oxygen atoms in total. The molecule has 0 radical (unpaired) electrons. The summed E-state index contributed by atoms with van der Waals surface area (Å²) in [5.74, 6) is 0.0475. The summed E-state index contributed by atoms with van der Waals surface area (Å²) in [5.41, 5.74) is 0.491. The molecule has 0 spiro atoms. The van der Waals surface area contributed by atoms with Gasteiger partial charge >= 0.3 is 6.03 Å². The van der Waals surface area contributed by atoms with Gasteiger partial charge in [-0.2, -0.15) is 0 Å². The Hall–Kier alpha value is -1.59. The molecule has 1 aromatic carbocycles. The molecule has 1 aliphatic heterocycles. The van der Waals surface area contributed by atoms with Crippen molar-refractivity contribution in [3.63, 3.8) is 0 Å². The summed E-state index contributed by atoms with van der Waals surface area (Å²) in [4.78, 5) is 14.1. The maximum Gasteiger partial charge on any atom is 0.317 e. The number of likely N-dealkylation sites (tertiary alicyclic amines) is 1. The zero-order valence-electron chi connectivity index (χ0n) is 14.1. The molecular formula is C18H28N2O3. The largest absolute Gasteiger partial charge is 0.389 e. The normalized spacial score (nSPS) is 24.5. The second-order valence-electron chi connectivity index (χ2n) is 6.41. The third kappa shape index (κ3) is 4.94. The summed E-state index contributed by atoms with van der Waals surface area (Å²) >= 11 is 0. The van der Waals surface area contributed by atoms with Gasteiger partial charge < -0.3 is 20.1 Å². The van der Waals surface area contributed by atoms with E-state index >= 15 is 0 Å². The first kappa shape index (κ1) is 17.8. The molecule has 0 bridgehead atoms. The zero-order chi connectivity index (χ0) is 16.7. The summed E-state index contributed by atoms with van der Waals surface area (Å²) in [5, 5.41) is 13.6. The highest BCUT2D eigenvalue weighted by molar-refractivity contribution is 5.74. The van der Waals surface area contributed by atoms with Gasteiger partial charge in [-0.05, 0) is 24.8 Å². The van der Waals surface area contributed by atoms with Gasteiger partial charge in [0.25, 0.3) is 0 Å². The number of ether oxygens (including phenoxy) is 1. The van der Waals surface area contributed by atoms with E-state index in [9.17, 15) is 9.90 Å². The van der Waals surface area contributed by atoms with E-state index in [1.807, 2.05) is 25.1 Å². The van der Waals surface area contributed by atoms with Crippen LogP contribution in [0.2, 0.25) is 0 Å². The van der Waals surface area contributed by atoms with Crippen molar-refractivity contribution < 1.29 is 14.6 Å². The first-order chi connectivity index (χ1) is 11.0. The quantitative estimate of drug-likeness (QED) is 0.843. The van der Waals surface area contributed by atoms with E-state index in [4.69, 9.17) is 4.74 Å². The van der Waals surface area contributed by atoms with Gasteiger partial charge in [-0.3, -0.25) is 0 Å². The van der Waals surface area contributed by atoms with Gasteiger partial charge in [-0.15, -0.1) is 0 Å². The fourth-order valence-electron chi connectivity index (χ4n) is 3.07. The number of nitrogens with one attached hydrogen (secondary N) is 1. The van der Waals surface area contributed by atoms with E-state index in [0.29, 0.717) is 39.1 Å². The predicted octanol–water partition coefficient (Wildman–Crippen LogP) is 2.05. The van der Waals surface area contributed by atoms with Crippen LogP contribution in [-0.2, 0) is 11.2 Å². The zero-order valence-corrected chi connectivity index (χ0v) is 14.1. The summed E-state index contributed by atoms with van der Waals surface area (Å²) in [6, 6.07) is 10.1. The van der Waals surface area contributed by atoms with Gasteiger partial charge in [0.1, 0.15) is 0 Å². The van der Waals surface area contributed by atoms with Crippen molar-refractivity contribution >= 4 is 6.03 Å². The lowest BCUT2D eigenvalue weighted by atomic mass is 9.80. The molecule has 0 aromatic heterocycles. The molecule has 1 aromatic rings. The molecule has 2 atom stereocenters. The summed E-state index contributed by atoms with van der Waals surface area (Å²) in [6.45, 7) is 4.34. The van der Waals surface area contributed by atoms with E-state index in [-0.39, 0.29) is 11.9 Å². The van der Waals surface area contributed by atoms with Crippen molar-refractivity contribution in [2.45, 2.75) is 31.8 Å². The third-order valence-electron chi connectivity index (χ3n) is 4.79. The number of benzene rings is 1. The van der Waals surface area contributed by atoms with Crippen LogP contribution in [0.25, 0.3) is 0 Å². The number of aliphatic hydroxyl groups is 1. The van der Waals surface area contributed by atoms with Crippen LogP contribution in [0.1, 0.15) is 25.3 Å². The molecule has 2 N–H and O–H groups in total. The minimum Gasteiger partial charge on any atom is -0.389 e. The molecule has 5 heteroatoms. The summed E-state index contributed by atoms with van der Waals surface area (Å²) in [7, 11) is 1.64. The first-order valence-corrected chi connectivity index (χ1v) is 8.33. The van der Waals surface area contributed by atoms with Crippen molar-refractivity contribution in [3.05, 3.63) is 35.9 Å². The number of methoxy groups -OCH3 is 1. The Bertz CT molecular complexity index is 494. The Morgan fingerprint density at radius 1 is 1.43 bits per heavy atom. The molecular weight excluding hydrogens is 292 g/mol. The lowest BCUT2D eigenvalue weighted by molar-refractivity contribution is -0.0732. The van der Waals surface area contributed by atoms with Crippen LogP contribution in [0, 0.1) is 5.92 Å². The average molecular weight is 320 g/mol. The first-order valence-electron chi connectivity index (χ1n) is 8.33. The number of hydrogen-bond acceptors (Lipinski definition) is 3. The number of hydrogen-bond donors (Lipinski definition) is 2. The van der Waals surface area contributed by atoms with Crippen LogP contribution in [0.5, 0.6) is 0 Å². The maximum absolute atomic E-state index is 12.3. The van der Waals surface area contributed by atoms with Crippen molar-refractivity contribution in [1.29, 1.82) is 0 Å². The van der Waals surface area contributed by atoms with Gasteiger partial charge in [0.05, 0.1) is 5.60 Å². The monoisotopic (exact) mass is 320 g/mol. The number of rotatable bonds is 6. The Labute approximate surface area is 138 Å². The van der Waals surface area contributed by atoms with E-state index < -0.39 is 5.60 Å². The fraction of sp³-hybridized carbons (Fsp3) is 0.611. The fourth-order valence-corrected chi connectivity index (χ4v) is 3.07. The van der Waals surface area contributed by atoms with Crippen molar-refractivity contribution in [2.75, 3.05) is 33.4 Å². The molecule has 2 amide bonds. The lowest BCUT2D eigenvalue weighted by Gasteiger charge is -2.43. The van der Waals surface area contributed by atoms with Crippen molar-refractivity contribution in [3.8, 4) is 0 Å². The molecule has 23 heavy (non-hydrogen) atoms. The topological polar surface area (TPSA) is 61.8 Å². The molecule has 1 saturated heterocycles. The minimum atomic E-state index is -0.725. The molecule has 1 fully saturated rings. The Balaban J connectivity index is 1.76. The average Bonchev–Trinajstić information content (AvgIpc) is 2.56. The molecule has 0 saturated carbocycles. The number of carbonyl (C=O) groups excluding carboxylic acids is 1. The second-order valence-corrected chi connectivity index (χ2v) is 6.41. The van der Waals surface area contributed by atoms with E-state index in [2.05, 4.69) is 17.4 Å². The molecule has 0 aliphatic carbocycles. The summed E-state index contributed by atoms with van der Waals surface area (Å²) in [6.07, 6.45) is 2.05. The SMILES string of the molecule is COCC[C@]1(O)CCN(C(=O)NCCc2ccccc2)C[C@H]1C. The molecule has 2 rings (SSSR count). The number of amides is 2. The van der Waals surface area contributed by atoms with Gasteiger partial charge in [0.15, 0.2) is 0 Å². The van der Waals surface area contributed by atoms with Crippen LogP contribution in [0.3, 0.4) is 0 Å². The lowest BCUT2D eigenvalue weighted by Crippen LogP contribution is -2.55.